The maximum Gasteiger partial charge on any atom is 0.433 e. The molecule has 10 nitrogen and oxygen atoms in total. The lowest BCUT2D eigenvalue weighted by atomic mass is 10.1. The number of amides is 1. The smallest absolute Gasteiger partial charge is 0.433 e. The molecule has 0 spiro atoms. The third-order valence-corrected chi connectivity index (χ3v) is 6.20. The Balaban J connectivity index is 1.46. The number of oxazole rings is 1. The second-order valence-electron chi connectivity index (χ2n) is 8.88. The minimum Gasteiger partial charge on any atom is -0.494 e. The Kier molecular flexibility index (Phi) is 6.61. The van der Waals surface area contributed by atoms with Gasteiger partial charge in [-0.2, -0.15) is 13.2 Å². The average molecular weight is 528 g/mol. The van der Waals surface area contributed by atoms with Gasteiger partial charge in [-0.3, -0.25) is 4.79 Å². The van der Waals surface area contributed by atoms with Crippen molar-refractivity contribution in [1.29, 1.82) is 0 Å². The Morgan fingerprint density at radius 3 is 2.66 bits per heavy atom. The van der Waals surface area contributed by atoms with Gasteiger partial charge in [0.25, 0.3) is 5.91 Å². The number of aromatic nitrogens is 4. The molecule has 0 unspecified atom stereocenters. The van der Waals surface area contributed by atoms with Crippen LogP contribution in [0.2, 0.25) is 0 Å². The van der Waals surface area contributed by atoms with Gasteiger partial charge in [0.15, 0.2) is 11.5 Å². The second kappa shape index (κ2) is 9.89. The number of benzene rings is 1. The van der Waals surface area contributed by atoms with Gasteiger partial charge in [-0.15, -0.1) is 0 Å². The van der Waals surface area contributed by atoms with E-state index in [2.05, 4.69) is 25.3 Å². The normalized spacial score (nSPS) is 16.6. The number of nitrogens with two attached hydrogens (primary N) is 1. The van der Waals surface area contributed by atoms with Gasteiger partial charge < -0.3 is 25.1 Å². The van der Waals surface area contributed by atoms with Gasteiger partial charge in [-0.25, -0.2) is 19.9 Å². The van der Waals surface area contributed by atoms with Gasteiger partial charge in [0.2, 0.25) is 11.8 Å². The van der Waals surface area contributed by atoms with Crippen LogP contribution in [0.5, 0.6) is 5.75 Å². The van der Waals surface area contributed by atoms with E-state index < -0.39 is 23.8 Å². The van der Waals surface area contributed by atoms with E-state index in [1.54, 1.807) is 31.5 Å². The summed E-state index contributed by atoms with van der Waals surface area (Å²) in [7, 11) is 1.34. The van der Waals surface area contributed by atoms with Crippen molar-refractivity contribution >= 4 is 22.8 Å². The molecule has 0 bridgehead atoms. The maximum atomic E-state index is 13.3. The van der Waals surface area contributed by atoms with Gasteiger partial charge in [0.05, 0.1) is 13.2 Å². The van der Waals surface area contributed by atoms with Crippen molar-refractivity contribution in [3.05, 3.63) is 59.9 Å². The number of hydrogen-bond donors (Lipinski definition) is 2. The third-order valence-electron chi connectivity index (χ3n) is 6.20. The van der Waals surface area contributed by atoms with Crippen LogP contribution < -0.4 is 20.7 Å². The zero-order valence-electron chi connectivity index (χ0n) is 20.5. The summed E-state index contributed by atoms with van der Waals surface area (Å²) >= 11 is 0. The van der Waals surface area contributed by atoms with Crippen molar-refractivity contribution in [2.24, 2.45) is 5.73 Å². The lowest BCUT2D eigenvalue weighted by Crippen LogP contribution is -2.38. The van der Waals surface area contributed by atoms with E-state index in [0.717, 1.165) is 6.07 Å². The minimum absolute atomic E-state index is 0.00764. The molecule has 0 radical (unpaired) electrons. The fraction of sp³-hybridized carbons (Fsp3) is 0.320. The molecule has 2 atom stereocenters. The first-order chi connectivity index (χ1) is 18.2. The highest BCUT2D eigenvalue weighted by Crippen LogP contribution is 2.37. The molecule has 1 amide bonds. The van der Waals surface area contributed by atoms with Crippen molar-refractivity contribution in [2.45, 2.75) is 31.6 Å². The third kappa shape index (κ3) is 4.84. The Hall–Kier alpha value is -4.26. The number of carbonyl (C=O) groups is 1. The average Bonchev–Trinajstić information content (AvgIpc) is 3.55. The molecule has 1 aliphatic rings. The minimum atomic E-state index is -4.63. The monoisotopic (exact) mass is 527 g/mol. The summed E-state index contributed by atoms with van der Waals surface area (Å²) in [4.78, 5) is 31.9. The van der Waals surface area contributed by atoms with Crippen LogP contribution in [0.3, 0.4) is 0 Å². The molecule has 198 valence electrons. The van der Waals surface area contributed by atoms with Crippen LogP contribution in [0.15, 0.2) is 47.1 Å². The fourth-order valence-corrected chi connectivity index (χ4v) is 4.39. The molecule has 0 saturated carbocycles. The van der Waals surface area contributed by atoms with E-state index >= 15 is 0 Å². The fourth-order valence-electron chi connectivity index (χ4n) is 4.39. The number of alkyl halides is 3. The number of nitrogens with zero attached hydrogens (tertiary/aromatic N) is 5. The largest absolute Gasteiger partial charge is 0.494 e. The molecule has 1 aromatic carbocycles. The first-order valence-corrected chi connectivity index (χ1v) is 11.8. The van der Waals surface area contributed by atoms with Crippen molar-refractivity contribution < 1.29 is 27.1 Å². The summed E-state index contributed by atoms with van der Waals surface area (Å²) in [6, 6.07) is 6.08. The first-order valence-electron chi connectivity index (χ1n) is 11.8. The zero-order valence-corrected chi connectivity index (χ0v) is 20.5. The lowest BCUT2D eigenvalue weighted by Gasteiger charge is -2.16. The molecule has 0 aliphatic carbocycles. The highest BCUT2D eigenvalue weighted by Gasteiger charge is 2.34. The number of anilines is 1. The molecular weight excluding hydrogens is 503 g/mol. The lowest BCUT2D eigenvalue weighted by molar-refractivity contribution is -0.140. The SMILES string of the molecule is COc1ccc(-c2nc(C(=O)N[C@H]3CCN(c4ncccn4)C3)c([C@H](C)N)o2)c2ccc(C(F)(F)F)nc12. The number of halogens is 3. The quantitative estimate of drug-likeness (QED) is 0.385. The van der Waals surface area contributed by atoms with Crippen LogP contribution in [-0.4, -0.2) is 52.1 Å². The van der Waals surface area contributed by atoms with Crippen LogP contribution >= 0.6 is 0 Å². The van der Waals surface area contributed by atoms with Crippen LogP contribution in [-0.2, 0) is 6.18 Å². The second-order valence-corrected chi connectivity index (χ2v) is 8.88. The van der Waals surface area contributed by atoms with E-state index in [9.17, 15) is 18.0 Å². The van der Waals surface area contributed by atoms with E-state index in [1.807, 2.05) is 4.90 Å². The topological polar surface area (TPSA) is 132 Å². The number of hydrogen-bond acceptors (Lipinski definition) is 9. The molecule has 3 aromatic heterocycles. The molecule has 38 heavy (non-hydrogen) atoms. The standard InChI is InChI=1S/C25H24F3N7O3/c1-13(29)21-20(22(36)32-14-8-11-35(12-14)24-30-9-3-10-31-24)34-23(38-21)16-4-6-17(37-2)19-15(16)5-7-18(33-19)25(26,27)28/h3-7,9-10,13-14H,8,11-12,29H2,1-2H3,(H,32,36)/t13-,14-/m0/s1. The number of nitrogens with one attached hydrogen (secondary N) is 1. The highest BCUT2D eigenvalue weighted by molar-refractivity contribution is 5.98. The van der Waals surface area contributed by atoms with Crippen molar-refractivity contribution in [3.8, 4) is 17.2 Å². The predicted molar refractivity (Wildman–Crippen MR) is 132 cm³/mol. The summed E-state index contributed by atoms with van der Waals surface area (Å²) in [5.74, 6) is 0.450. The molecule has 1 aliphatic heterocycles. The number of ether oxygens (including phenoxy) is 1. The van der Waals surface area contributed by atoms with E-state index in [1.165, 1.54) is 19.2 Å². The zero-order chi connectivity index (χ0) is 27.0. The van der Waals surface area contributed by atoms with Gasteiger partial charge in [0, 0.05) is 42.5 Å². The molecule has 1 saturated heterocycles. The molecule has 4 aromatic rings. The van der Waals surface area contributed by atoms with Gasteiger partial charge in [-0.05, 0) is 43.7 Å². The molecule has 1 fully saturated rings. The maximum absolute atomic E-state index is 13.3. The van der Waals surface area contributed by atoms with Gasteiger partial charge in [0.1, 0.15) is 17.0 Å². The van der Waals surface area contributed by atoms with Crippen LogP contribution in [0.25, 0.3) is 22.4 Å². The summed E-state index contributed by atoms with van der Waals surface area (Å²) < 4.78 is 51.0. The number of rotatable bonds is 6. The Morgan fingerprint density at radius 1 is 1.21 bits per heavy atom. The van der Waals surface area contributed by atoms with Gasteiger partial charge in [-0.1, -0.05) is 0 Å². The Morgan fingerprint density at radius 2 is 1.97 bits per heavy atom. The molecule has 5 rings (SSSR count). The Labute approximate surface area is 215 Å². The molecular formula is C25H24F3N7O3. The molecule has 4 heterocycles. The predicted octanol–water partition coefficient (Wildman–Crippen LogP) is 3.74. The van der Waals surface area contributed by atoms with Crippen molar-refractivity contribution in [1.82, 2.24) is 25.3 Å². The number of fused-ring (bicyclic) bond motifs is 1. The van der Waals surface area contributed by atoms with E-state index in [0.29, 0.717) is 36.4 Å². The summed E-state index contributed by atoms with van der Waals surface area (Å²) in [5, 5.41) is 3.28. The van der Waals surface area contributed by atoms with E-state index in [4.69, 9.17) is 14.9 Å². The molecule has 13 heteroatoms. The molecule has 3 N–H and O–H groups in total. The number of methoxy groups -OCH3 is 1. The number of carbonyl (C=O) groups excluding carboxylic acids is 1. The summed E-state index contributed by atoms with van der Waals surface area (Å²) in [6.45, 7) is 2.84. The van der Waals surface area contributed by atoms with Crippen LogP contribution in [0.1, 0.15) is 41.3 Å². The first kappa shape index (κ1) is 25.4. The summed E-state index contributed by atoms with van der Waals surface area (Å²) in [5.41, 5.74) is 5.36. The highest BCUT2D eigenvalue weighted by atomic mass is 19.4. The van der Waals surface area contributed by atoms with Gasteiger partial charge >= 0.3 is 6.18 Å². The number of pyridine rings is 1. The van der Waals surface area contributed by atoms with E-state index in [-0.39, 0.29) is 34.7 Å². The van der Waals surface area contributed by atoms with Crippen LogP contribution in [0, 0.1) is 0 Å². The Bertz CT molecular complexity index is 1470. The summed E-state index contributed by atoms with van der Waals surface area (Å²) in [6.07, 6.45) is -0.642. The van der Waals surface area contributed by atoms with Crippen LogP contribution in [0.4, 0.5) is 19.1 Å². The van der Waals surface area contributed by atoms with Crippen molar-refractivity contribution in [2.75, 3.05) is 25.1 Å². The van der Waals surface area contributed by atoms with Crippen molar-refractivity contribution in [3.63, 3.8) is 0 Å².